The molecule has 0 saturated carbocycles. The Morgan fingerprint density at radius 2 is 2.15 bits per heavy atom. The van der Waals surface area contributed by atoms with Gasteiger partial charge in [-0.3, -0.25) is 0 Å². The fourth-order valence-corrected chi connectivity index (χ4v) is 1.71. The number of hydrogen-bond donors (Lipinski definition) is 1. The molecule has 7 nitrogen and oxygen atoms in total. The number of methoxy groups -OCH3 is 1. The van der Waals surface area contributed by atoms with Crippen molar-refractivity contribution in [1.82, 2.24) is 20.2 Å². The Labute approximate surface area is 117 Å². The molecular weight excluding hydrogens is 258 g/mol. The lowest BCUT2D eigenvalue weighted by molar-refractivity contribution is 0.294. The molecule has 2 aromatic rings. The molecule has 0 aliphatic rings. The van der Waals surface area contributed by atoms with Gasteiger partial charge in [0.1, 0.15) is 0 Å². The Bertz CT molecular complexity index is 555. The summed E-state index contributed by atoms with van der Waals surface area (Å²) in [7, 11) is 3.42. The van der Waals surface area contributed by atoms with Crippen LogP contribution in [-0.4, -0.2) is 33.9 Å². The van der Waals surface area contributed by atoms with E-state index in [1.165, 1.54) is 0 Å². The van der Waals surface area contributed by atoms with Crippen molar-refractivity contribution in [1.29, 1.82) is 0 Å². The quantitative estimate of drug-likeness (QED) is 0.829. The maximum absolute atomic E-state index is 5.62. The summed E-state index contributed by atoms with van der Waals surface area (Å²) in [6.45, 7) is 3.36. The monoisotopic (exact) mass is 277 g/mol. The Balaban J connectivity index is 2.03. The van der Waals surface area contributed by atoms with E-state index in [4.69, 9.17) is 9.47 Å². The van der Waals surface area contributed by atoms with Crippen molar-refractivity contribution in [2.45, 2.75) is 19.9 Å². The van der Waals surface area contributed by atoms with Gasteiger partial charge in [-0.1, -0.05) is 18.1 Å². The molecule has 0 unspecified atom stereocenters. The minimum atomic E-state index is 0.610. The summed E-state index contributed by atoms with van der Waals surface area (Å²) in [6.07, 6.45) is 0.964. The first kappa shape index (κ1) is 14.1. The molecule has 0 aliphatic heterocycles. The number of nitrogens with zero attached hydrogens (tertiary/aromatic N) is 4. The molecule has 0 amide bonds. The van der Waals surface area contributed by atoms with E-state index in [2.05, 4.69) is 27.8 Å². The van der Waals surface area contributed by atoms with Crippen LogP contribution in [0.5, 0.6) is 11.5 Å². The van der Waals surface area contributed by atoms with Crippen LogP contribution < -0.4 is 14.8 Å². The number of anilines is 1. The number of nitrogens with one attached hydrogen (secondary N) is 1. The van der Waals surface area contributed by atoms with Crippen LogP contribution in [0.25, 0.3) is 0 Å². The second-order valence-corrected chi connectivity index (χ2v) is 4.31. The molecule has 1 heterocycles. The fourth-order valence-electron chi connectivity index (χ4n) is 1.71. The molecule has 0 aliphatic carbocycles. The Hall–Kier alpha value is -2.31. The van der Waals surface area contributed by atoms with Gasteiger partial charge < -0.3 is 14.8 Å². The summed E-state index contributed by atoms with van der Waals surface area (Å²) in [5, 5.41) is 14.4. The molecule has 0 spiro atoms. The number of hydrogen-bond acceptors (Lipinski definition) is 6. The number of benzene rings is 1. The summed E-state index contributed by atoms with van der Waals surface area (Å²) in [5.41, 5.74) is 1.06. The molecule has 2 rings (SSSR count). The highest BCUT2D eigenvalue weighted by Gasteiger charge is 2.07. The van der Waals surface area contributed by atoms with Gasteiger partial charge >= 0.3 is 0 Å². The predicted octanol–water partition coefficient (Wildman–Crippen LogP) is 1.62. The van der Waals surface area contributed by atoms with Crippen molar-refractivity contribution in [2.24, 2.45) is 7.05 Å². The molecule has 1 N–H and O–H groups in total. The third kappa shape index (κ3) is 3.37. The molecule has 0 atom stereocenters. The van der Waals surface area contributed by atoms with Crippen LogP contribution in [0, 0.1) is 0 Å². The molecular formula is C13H19N5O2. The van der Waals surface area contributed by atoms with Crippen LogP contribution in [-0.2, 0) is 13.6 Å². The Morgan fingerprint density at radius 3 is 2.80 bits per heavy atom. The van der Waals surface area contributed by atoms with Crippen LogP contribution in [0.15, 0.2) is 18.2 Å². The van der Waals surface area contributed by atoms with Crippen LogP contribution in [0.2, 0.25) is 0 Å². The van der Waals surface area contributed by atoms with E-state index in [1.54, 1.807) is 18.8 Å². The van der Waals surface area contributed by atoms with Gasteiger partial charge in [0, 0.05) is 13.6 Å². The van der Waals surface area contributed by atoms with Gasteiger partial charge in [-0.05, 0) is 34.5 Å². The van der Waals surface area contributed by atoms with Crippen molar-refractivity contribution in [2.75, 3.05) is 19.0 Å². The standard InChI is InChI=1S/C13H19N5O2/c1-4-7-20-11-6-5-10(8-12(11)19-3)9-14-13-15-16-17-18(13)2/h5-6,8H,4,7,9H2,1-3H3,(H,14,15,17). The van der Waals surface area contributed by atoms with E-state index in [9.17, 15) is 0 Å². The first-order chi connectivity index (χ1) is 9.74. The number of tetrazole rings is 1. The van der Waals surface area contributed by atoms with Gasteiger partial charge in [-0.2, -0.15) is 0 Å². The van der Waals surface area contributed by atoms with Crippen LogP contribution in [0.3, 0.4) is 0 Å². The fraction of sp³-hybridized carbons (Fsp3) is 0.462. The van der Waals surface area contributed by atoms with E-state index in [-0.39, 0.29) is 0 Å². The zero-order valence-corrected chi connectivity index (χ0v) is 12.0. The van der Waals surface area contributed by atoms with Crippen molar-refractivity contribution < 1.29 is 9.47 Å². The lowest BCUT2D eigenvalue weighted by atomic mass is 10.2. The van der Waals surface area contributed by atoms with Crippen LogP contribution in [0.4, 0.5) is 5.95 Å². The lowest BCUT2D eigenvalue weighted by Crippen LogP contribution is -2.06. The van der Waals surface area contributed by atoms with E-state index in [0.29, 0.717) is 19.1 Å². The minimum absolute atomic E-state index is 0.610. The highest BCUT2D eigenvalue weighted by molar-refractivity contribution is 5.43. The van der Waals surface area contributed by atoms with E-state index >= 15 is 0 Å². The first-order valence-electron chi connectivity index (χ1n) is 6.50. The van der Waals surface area contributed by atoms with E-state index in [1.807, 2.05) is 18.2 Å². The number of rotatable bonds is 7. The summed E-state index contributed by atoms with van der Waals surface area (Å²) >= 11 is 0. The summed E-state index contributed by atoms with van der Waals surface area (Å²) in [5.74, 6) is 2.11. The van der Waals surface area contributed by atoms with Gasteiger partial charge in [0.25, 0.3) is 0 Å². The maximum atomic E-state index is 5.62. The van der Waals surface area contributed by atoms with Crippen LogP contribution >= 0.6 is 0 Å². The maximum Gasteiger partial charge on any atom is 0.242 e. The highest BCUT2D eigenvalue weighted by atomic mass is 16.5. The molecule has 0 radical (unpaired) electrons. The topological polar surface area (TPSA) is 74.1 Å². The Kier molecular flexibility index (Phi) is 4.75. The van der Waals surface area contributed by atoms with Crippen LogP contribution in [0.1, 0.15) is 18.9 Å². The smallest absolute Gasteiger partial charge is 0.242 e. The molecule has 108 valence electrons. The molecule has 1 aromatic carbocycles. The molecule has 1 aromatic heterocycles. The SMILES string of the molecule is CCCOc1ccc(CNc2nnnn2C)cc1OC. The number of ether oxygens (including phenoxy) is 2. The van der Waals surface area contributed by atoms with Gasteiger partial charge in [-0.25, -0.2) is 4.68 Å². The molecule has 7 heteroatoms. The number of aromatic nitrogens is 4. The molecule has 0 fully saturated rings. The first-order valence-corrected chi connectivity index (χ1v) is 6.50. The van der Waals surface area contributed by atoms with E-state index < -0.39 is 0 Å². The third-order valence-electron chi connectivity index (χ3n) is 2.76. The second-order valence-electron chi connectivity index (χ2n) is 4.31. The zero-order valence-electron chi connectivity index (χ0n) is 12.0. The average Bonchev–Trinajstić information content (AvgIpc) is 2.88. The van der Waals surface area contributed by atoms with Gasteiger partial charge in [-0.15, -0.1) is 0 Å². The second kappa shape index (κ2) is 6.74. The minimum Gasteiger partial charge on any atom is -0.493 e. The summed E-state index contributed by atoms with van der Waals surface area (Å²) in [6, 6.07) is 5.85. The number of aryl methyl sites for hydroxylation is 1. The highest BCUT2D eigenvalue weighted by Crippen LogP contribution is 2.28. The van der Waals surface area contributed by atoms with Gasteiger partial charge in [0.2, 0.25) is 5.95 Å². The van der Waals surface area contributed by atoms with Crippen molar-refractivity contribution >= 4 is 5.95 Å². The third-order valence-corrected chi connectivity index (χ3v) is 2.76. The van der Waals surface area contributed by atoms with Crippen molar-refractivity contribution in [3.63, 3.8) is 0 Å². The average molecular weight is 277 g/mol. The van der Waals surface area contributed by atoms with Crippen molar-refractivity contribution in [3.05, 3.63) is 23.8 Å². The van der Waals surface area contributed by atoms with Gasteiger partial charge in [0.15, 0.2) is 11.5 Å². The predicted molar refractivity (Wildman–Crippen MR) is 74.9 cm³/mol. The Morgan fingerprint density at radius 1 is 1.30 bits per heavy atom. The lowest BCUT2D eigenvalue weighted by Gasteiger charge is -2.12. The van der Waals surface area contributed by atoms with Gasteiger partial charge in [0.05, 0.1) is 13.7 Å². The normalized spacial score (nSPS) is 10.3. The van der Waals surface area contributed by atoms with E-state index in [0.717, 1.165) is 23.5 Å². The summed E-state index contributed by atoms with van der Waals surface area (Å²) < 4.78 is 12.5. The molecule has 20 heavy (non-hydrogen) atoms. The summed E-state index contributed by atoms with van der Waals surface area (Å²) in [4.78, 5) is 0. The zero-order chi connectivity index (χ0) is 14.4. The molecule has 0 saturated heterocycles. The largest absolute Gasteiger partial charge is 0.493 e. The van der Waals surface area contributed by atoms with Crippen molar-refractivity contribution in [3.8, 4) is 11.5 Å². The molecule has 0 bridgehead atoms.